The Hall–Kier alpha value is 0. The molecule has 2 aliphatic carbocycles. The molecule has 0 nitrogen and oxygen atoms in total. The van der Waals surface area contributed by atoms with E-state index in [4.69, 9.17) is 0 Å². The lowest BCUT2D eigenvalue weighted by Crippen LogP contribution is -2.09. The molecule has 0 aliphatic heterocycles. The minimum Gasteiger partial charge on any atom is -0.0654 e. The highest BCUT2D eigenvalue weighted by atomic mass is 14.2. The maximum absolute atomic E-state index is 2.28. The van der Waals surface area contributed by atoms with Gasteiger partial charge < -0.3 is 0 Å². The molecule has 0 bridgehead atoms. The molecule has 0 aromatic rings. The summed E-state index contributed by atoms with van der Waals surface area (Å²) in [5.74, 6) is 2.26. The van der Waals surface area contributed by atoms with Crippen LogP contribution >= 0.6 is 0 Å². The Labute approximate surface area is 96.8 Å². The second kappa shape index (κ2) is 8.19. The summed E-state index contributed by atoms with van der Waals surface area (Å²) >= 11 is 0. The van der Waals surface area contributed by atoms with Gasteiger partial charge in [0.2, 0.25) is 0 Å². The average Bonchev–Trinajstić information content (AvgIpc) is 2.10. The highest BCUT2D eigenvalue weighted by Gasteiger charge is 2.15. The molecule has 2 fully saturated rings. The van der Waals surface area contributed by atoms with Gasteiger partial charge >= 0.3 is 0 Å². The minimum atomic E-state index is 1.13. The lowest BCUT2D eigenvalue weighted by molar-refractivity contribution is 0.289. The average molecular weight is 210 g/mol. The maximum Gasteiger partial charge on any atom is -0.0414 e. The van der Waals surface area contributed by atoms with Gasteiger partial charge in [-0.15, -0.1) is 0 Å². The molecule has 0 amide bonds. The molecule has 0 aromatic carbocycles. The third kappa shape index (κ3) is 5.58. The molecular formula is C15H30. The summed E-state index contributed by atoms with van der Waals surface area (Å²) in [4.78, 5) is 0. The second-order valence-electron chi connectivity index (χ2n) is 5.52. The van der Waals surface area contributed by atoms with Crippen molar-refractivity contribution in [1.82, 2.24) is 0 Å². The van der Waals surface area contributed by atoms with E-state index < -0.39 is 0 Å². The fraction of sp³-hybridized carbons (Fsp3) is 1.00. The van der Waals surface area contributed by atoms with E-state index in [0.29, 0.717) is 0 Å². The molecule has 0 heterocycles. The molecular weight excluding hydrogens is 180 g/mol. The van der Waals surface area contributed by atoms with E-state index in [1.54, 1.807) is 0 Å². The zero-order chi connectivity index (χ0) is 10.9. The van der Waals surface area contributed by atoms with Crippen LogP contribution in [0.1, 0.15) is 84.5 Å². The predicted octanol–water partition coefficient (Wildman–Crippen LogP) is 5.56. The van der Waals surface area contributed by atoms with Crippen LogP contribution in [0.25, 0.3) is 0 Å². The molecule has 0 atom stereocenters. The van der Waals surface area contributed by atoms with Crippen LogP contribution in [0.4, 0.5) is 0 Å². The van der Waals surface area contributed by atoms with Gasteiger partial charge in [0.25, 0.3) is 0 Å². The van der Waals surface area contributed by atoms with Crippen molar-refractivity contribution >= 4 is 0 Å². The van der Waals surface area contributed by atoms with Crippen LogP contribution in [0.5, 0.6) is 0 Å². The number of hydrogen-bond acceptors (Lipinski definition) is 0. The van der Waals surface area contributed by atoms with Gasteiger partial charge in [-0.1, -0.05) is 84.5 Å². The van der Waals surface area contributed by atoms with E-state index in [2.05, 4.69) is 13.8 Å². The molecule has 15 heavy (non-hydrogen) atoms. The molecule has 2 saturated carbocycles. The van der Waals surface area contributed by atoms with Crippen molar-refractivity contribution in [2.45, 2.75) is 84.5 Å². The van der Waals surface area contributed by atoms with Gasteiger partial charge in [0.15, 0.2) is 0 Å². The van der Waals surface area contributed by atoms with Gasteiger partial charge in [0.05, 0.1) is 0 Å². The summed E-state index contributed by atoms with van der Waals surface area (Å²) in [7, 11) is 0. The van der Waals surface area contributed by atoms with Gasteiger partial charge in [-0.2, -0.15) is 0 Å². The molecule has 2 rings (SSSR count). The van der Waals surface area contributed by atoms with E-state index in [0.717, 1.165) is 11.8 Å². The van der Waals surface area contributed by atoms with Crippen LogP contribution in [0.3, 0.4) is 0 Å². The molecule has 0 heteroatoms. The monoisotopic (exact) mass is 210 g/mol. The van der Waals surface area contributed by atoms with E-state index in [9.17, 15) is 0 Å². The SMILES string of the molecule is CCCC1CCC1.CCCCC1CCC1. The third-order valence-electron chi connectivity index (χ3n) is 4.11. The quantitative estimate of drug-likeness (QED) is 0.557. The minimum absolute atomic E-state index is 1.13. The summed E-state index contributed by atoms with van der Waals surface area (Å²) in [6, 6.07) is 0. The van der Waals surface area contributed by atoms with Crippen LogP contribution in [0, 0.1) is 11.8 Å². The van der Waals surface area contributed by atoms with Gasteiger partial charge in [-0.25, -0.2) is 0 Å². The van der Waals surface area contributed by atoms with Crippen molar-refractivity contribution < 1.29 is 0 Å². The van der Waals surface area contributed by atoms with Crippen LogP contribution in [-0.4, -0.2) is 0 Å². The summed E-state index contributed by atoms with van der Waals surface area (Å²) in [6.45, 7) is 4.55. The van der Waals surface area contributed by atoms with Crippen LogP contribution in [0.2, 0.25) is 0 Å². The molecule has 0 radical (unpaired) electrons. The largest absolute Gasteiger partial charge is 0.0654 e. The summed E-state index contributed by atoms with van der Waals surface area (Å²) in [5, 5.41) is 0. The van der Waals surface area contributed by atoms with Gasteiger partial charge in [-0.05, 0) is 11.8 Å². The highest BCUT2D eigenvalue weighted by molar-refractivity contribution is 4.68. The lowest BCUT2D eigenvalue weighted by Gasteiger charge is -2.24. The van der Waals surface area contributed by atoms with Crippen molar-refractivity contribution in [1.29, 1.82) is 0 Å². The Balaban J connectivity index is 0.000000151. The smallest absolute Gasteiger partial charge is 0.0414 e. The Morgan fingerprint density at radius 2 is 1.27 bits per heavy atom. The summed E-state index contributed by atoms with van der Waals surface area (Å²) in [5.41, 5.74) is 0. The Kier molecular flexibility index (Phi) is 7.13. The molecule has 0 unspecified atom stereocenters. The predicted molar refractivity (Wildman–Crippen MR) is 69.1 cm³/mol. The Bertz CT molecular complexity index is 131. The van der Waals surface area contributed by atoms with E-state index in [1.165, 1.54) is 70.6 Å². The molecule has 90 valence electrons. The first-order chi connectivity index (χ1) is 7.36. The van der Waals surface area contributed by atoms with E-state index in [-0.39, 0.29) is 0 Å². The lowest BCUT2D eigenvalue weighted by atomic mass is 9.82. The Morgan fingerprint density at radius 3 is 1.53 bits per heavy atom. The van der Waals surface area contributed by atoms with Crippen molar-refractivity contribution in [2.75, 3.05) is 0 Å². The number of rotatable bonds is 5. The highest BCUT2D eigenvalue weighted by Crippen LogP contribution is 2.30. The molecule has 2 aliphatic rings. The molecule has 0 N–H and O–H groups in total. The van der Waals surface area contributed by atoms with Crippen molar-refractivity contribution in [3.05, 3.63) is 0 Å². The first-order valence-electron chi connectivity index (χ1n) is 7.36. The van der Waals surface area contributed by atoms with Crippen LogP contribution in [0.15, 0.2) is 0 Å². The number of unbranched alkanes of at least 4 members (excludes halogenated alkanes) is 1. The molecule has 0 saturated heterocycles. The molecule has 0 spiro atoms. The molecule has 0 aromatic heterocycles. The topological polar surface area (TPSA) is 0 Å². The normalized spacial score (nSPS) is 21.2. The maximum atomic E-state index is 2.28. The van der Waals surface area contributed by atoms with Crippen LogP contribution in [-0.2, 0) is 0 Å². The first-order valence-corrected chi connectivity index (χ1v) is 7.36. The van der Waals surface area contributed by atoms with Crippen molar-refractivity contribution in [2.24, 2.45) is 11.8 Å². The fourth-order valence-electron chi connectivity index (χ4n) is 2.46. The summed E-state index contributed by atoms with van der Waals surface area (Å²) < 4.78 is 0. The first kappa shape index (κ1) is 13.1. The third-order valence-corrected chi connectivity index (χ3v) is 4.11. The van der Waals surface area contributed by atoms with Crippen LogP contribution < -0.4 is 0 Å². The van der Waals surface area contributed by atoms with Crippen molar-refractivity contribution in [3.63, 3.8) is 0 Å². The van der Waals surface area contributed by atoms with Gasteiger partial charge in [0.1, 0.15) is 0 Å². The van der Waals surface area contributed by atoms with Gasteiger partial charge in [-0.3, -0.25) is 0 Å². The summed E-state index contributed by atoms with van der Waals surface area (Å²) in [6.07, 6.45) is 16.4. The zero-order valence-electron chi connectivity index (χ0n) is 10.9. The Morgan fingerprint density at radius 1 is 0.733 bits per heavy atom. The van der Waals surface area contributed by atoms with E-state index in [1.807, 2.05) is 0 Å². The number of hydrogen-bond donors (Lipinski definition) is 0. The standard InChI is InChI=1S/C8H16.C7H14/c1-2-3-5-8-6-4-7-8;1-2-4-7-5-3-6-7/h8H,2-7H2,1H3;7H,2-6H2,1H3. The van der Waals surface area contributed by atoms with Gasteiger partial charge in [0, 0.05) is 0 Å². The fourth-order valence-corrected chi connectivity index (χ4v) is 2.46. The zero-order valence-corrected chi connectivity index (χ0v) is 10.9. The van der Waals surface area contributed by atoms with Crippen molar-refractivity contribution in [3.8, 4) is 0 Å². The second-order valence-corrected chi connectivity index (χ2v) is 5.52. The van der Waals surface area contributed by atoms with E-state index >= 15 is 0 Å².